The first-order chi connectivity index (χ1) is 15.0. The molecule has 31 heavy (non-hydrogen) atoms. The van der Waals surface area contributed by atoms with Gasteiger partial charge >= 0.3 is 0 Å². The van der Waals surface area contributed by atoms with Crippen molar-refractivity contribution in [2.75, 3.05) is 25.6 Å². The summed E-state index contributed by atoms with van der Waals surface area (Å²) in [5, 5.41) is 14.6. The summed E-state index contributed by atoms with van der Waals surface area (Å²) < 4.78 is 23.8. The van der Waals surface area contributed by atoms with Gasteiger partial charge in [0.15, 0.2) is 17.6 Å². The summed E-state index contributed by atoms with van der Waals surface area (Å²) in [4.78, 5) is 8.75. The summed E-state index contributed by atoms with van der Waals surface area (Å²) in [5.74, 6) is 1.66. The molecule has 1 aromatic heterocycles. The molecule has 10 heteroatoms. The number of benzene rings is 2. The Morgan fingerprint density at radius 3 is 2.77 bits per heavy atom. The minimum Gasteiger partial charge on any atom is -0.493 e. The second-order valence-corrected chi connectivity index (χ2v) is 8.58. The van der Waals surface area contributed by atoms with Crippen LogP contribution >= 0.6 is 27.5 Å². The summed E-state index contributed by atoms with van der Waals surface area (Å²) in [5.41, 5.74) is 1.47. The molecule has 4 atom stereocenters. The third-order valence-corrected chi connectivity index (χ3v) is 6.60. The maximum absolute atomic E-state index is 9.94. The van der Waals surface area contributed by atoms with E-state index in [0.29, 0.717) is 34.5 Å². The Kier molecular flexibility index (Phi) is 5.61. The molecule has 2 aromatic carbocycles. The number of fused-ring (bicyclic) bond motifs is 2. The molecule has 1 unspecified atom stereocenters. The summed E-state index contributed by atoms with van der Waals surface area (Å²) >= 11 is 9.59. The van der Waals surface area contributed by atoms with Crippen molar-refractivity contribution in [1.82, 2.24) is 9.97 Å². The van der Waals surface area contributed by atoms with Crippen LogP contribution in [0.3, 0.4) is 0 Å². The topological polar surface area (TPSA) is 95.0 Å². The van der Waals surface area contributed by atoms with Gasteiger partial charge in [-0.15, -0.1) is 0 Å². The highest BCUT2D eigenvalue weighted by Gasteiger charge is 2.48. The van der Waals surface area contributed by atoms with E-state index in [1.807, 2.05) is 18.2 Å². The van der Waals surface area contributed by atoms with Crippen LogP contribution in [0.1, 0.15) is 0 Å². The van der Waals surface area contributed by atoms with Crippen LogP contribution in [0.5, 0.6) is 11.5 Å². The fourth-order valence-electron chi connectivity index (χ4n) is 3.83. The second kappa shape index (κ2) is 8.40. The molecule has 0 aliphatic carbocycles. The molecule has 0 bridgehead atoms. The van der Waals surface area contributed by atoms with E-state index in [0.717, 1.165) is 15.5 Å². The molecule has 3 heterocycles. The van der Waals surface area contributed by atoms with Gasteiger partial charge in [0.05, 0.1) is 30.9 Å². The molecule has 0 spiro atoms. The maximum Gasteiger partial charge on any atom is 0.164 e. The van der Waals surface area contributed by atoms with Crippen LogP contribution in [0.4, 0.5) is 11.5 Å². The zero-order valence-corrected chi connectivity index (χ0v) is 18.8. The molecule has 2 N–H and O–H groups in total. The quantitative estimate of drug-likeness (QED) is 0.539. The first kappa shape index (κ1) is 20.7. The third-order valence-electron chi connectivity index (χ3n) is 5.36. The molecule has 2 aliphatic heterocycles. The van der Waals surface area contributed by atoms with Gasteiger partial charge in [-0.25, -0.2) is 9.97 Å². The number of hydrogen-bond acceptors (Lipinski definition) is 8. The molecule has 162 valence electrons. The summed E-state index contributed by atoms with van der Waals surface area (Å²) in [6.07, 6.45) is -0.192. The molecular formula is C21H19BrClN3O5. The molecule has 5 rings (SSSR count). The number of ether oxygens (including phenoxy) is 4. The van der Waals surface area contributed by atoms with E-state index in [4.69, 9.17) is 30.5 Å². The lowest BCUT2D eigenvalue weighted by atomic mass is 10.1. The number of aliphatic hydroxyl groups excluding tert-OH is 1. The van der Waals surface area contributed by atoms with E-state index in [1.54, 1.807) is 19.2 Å². The van der Waals surface area contributed by atoms with Crippen molar-refractivity contribution in [3.8, 4) is 11.5 Å². The van der Waals surface area contributed by atoms with Crippen molar-refractivity contribution >= 4 is 49.9 Å². The van der Waals surface area contributed by atoms with E-state index in [1.165, 1.54) is 6.33 Å². The van der Waals surface area contributed by atoms with Crippen LogP contribution in [-0.2, 0) is 9.47 Å². The number of nitrogens with one attached hydrogen (secondary N) is 1. The van der Waals surface area contributed by atoms with Gasteiger partial charge in [0.25, 0.3) is 0 Å². The fraction of sp³-hybridized carbons (Fsp3) is 0.333. The Hall–Kier alpha value is -2.17. The maximum atomic E-state index is 9.94. The predicted molar refractivity (Wildman–Crippen MR) is 118 cm³/mol. The van der Waals surface area contributed by atoms with Gasteiger partial charge in [-0.1, -0.05) is 11.6 Å². The van der Waals surface area contributed by atoms with Crippen molar-refractivity contribution in [3.05, 3.63) is 46.2 Å². The predicted octanol–water partition coefficient (Wildman–Crippen LogP) is 3.70. The zero-order valence-electron chi connectivity index (χ0n) is 16.4. The molecular weight excluding hydrogens is 490 g/mol. The lowest BCUT2D eigenvalue weighted by Crippen LogP contribution is -2.34. The summed E-state index contributed by atoms with van der Waals surface area (Å²) in [6.45, 7) is 0.570. The van der Waals surface area contributed by atoms with E-state index >= 15 is 0 Å². The van der Waals surface area contributed by atoms with Crippen LogP contribution < -0.4 is 14.8 Å². The average molecular weight is 509 g/mol. The van der Waals surface area contributed by atoms with Gasteiger partial charge in [-0.05, 0) is 40.2 Å². The van der Waals surface area contributed by atoms with Crippen LogP contribution in [0.15, 0.2) is 41.1 Å². The van der Waals surface area contributed by atoms with E-state index in [-0.39, 0.29) is 24.9 Å². The van der Waals surface area contributed by atoms with Crippen LogP contribution in [-0.4, -0.2) is 59.8 Å². The fourth-order valence-corrected chi connectivity index (χ4v) is 4.26. The number of hydrogen-bond donors (Lipinski definition) is 2. The van der Waals surface area contributed by atoms with Gasteiger partial charge < -0.3 is 29.4 Å². The van der Waals surface area contributed by atoms with Crippen molar-refractivity contribution < 1.29 is 24.1 Å². The molecule has 2 saturated heterocycles. The molecule has 3 aromatic rings. The first-order valence-electron chi connectivity index (χ1n) is 9.66. The standard InChI is InChI=1S/C21H19BrClN3O5/c1-28-16-5-11-14(6-17(16)31-18-8-30-19-15(27)7-29-20(18)19)24-9-25-21(11)26-10-2-3-12(22)13(23)4-10/h2-6,9,15,18-20,27H,7-8H2,1H3,(H,24,25,26)/t15-,18+,19-,20?/m0/s1. The second-order valence-electron chi connectivity index (χ2n) is 7.32. The summed E-state index contributed by atoms with van der Waals surface area (Å²) in [7, 11) is 1.57. The number of aliphatic hydroxyl groups is 1. The monoisotopic (exact) mass is 507 g/mol. The van der Waals surface area contributed by atoms with Gasteiger partial charge in [-0.2, -0.15) is 0 Å². The Balaban J connectivity index is 1.45. The zero-order chi connectivity index (χ0) is 21.5. The van der Waals surface area contributed by atoms with Crippen molar-refractivity contribution in [2.24, 2.45) is 0 Å². The molecule has 0 saturated carbocycles. The lowest BCUT2D eigenvalue weighted by molar-refractivity contribution is 0.00823. The van der Waals surface area contributed by atoms with Crippen molar-refractivity contribution in [1.29, 1.82) is 0 Å². The van der Waals surface area contributed by atoms with Crippen molar-refractivity contribution in [3.63, 3.8) is 0 Å². The van der Waals surface area contributed by atoms with Gasteiger partial charge in [0.2, 0.25) is 0 Å². The number of halogens is 2. The molecule has 8 nitrogen and oxygen atoms in total. The largest absolute Gasteiger partial charge is 0.493 e. The molecule has 0 radical (unpaired) electrons. The van der Waals surface area contributed by atoms with Gasteiger partial charge in [-0.3, -0.25) is 0 Å². The summed E-state index contributed by atoms with van der Waals surface area (Å²) in [6, 6.07) is 9.19. The minimum atomic E-state index is -0.634. The number of anilines is 2. The SMILES string of the molecule is COc1cc2c(Nc3ccc(Br)c(Cl)c3)ncnc2cc1O[C@@H]1CO[C@@H]2C1OC[C@@H]2O. The number of methoxy groups -OCH3 is 1. The van der Waals surface area contributed by atoms with Crippen LogP contribution in [0.2, 0.25) is 5.02 Å². The Morgan fingerprint density at radius 2 is 1.97 bits per heavy atom. The Labute approximate surface area is 191 Å². The first-order valence-corrected chi connectivity index (χ1v) is 10.8. The van der Waals surface area contributed by atoms with E-state index < -0.39 is 6.10 Å². The van der Waals surface area contributed by atoms with E-state index in [9.17, 15) is 5.11 Å². The Bertz CT molecular complexity index is 1130. The molecule has 2 fully saturated rings. The van der Waals surface area contributed by atoms with Crippen LogP contribution in [0.25, 0.3) is 10.9 Å². The molecule has 0 amide bonds. The van der Waals surface area contributed by atoms with Gasteiger partial charge in [0, 0.05) is 21.6 Å². The average Bonchev–Trinajstić information content (AvgIpc) is 3.34. The minimum absolute atomic E-state index is 0.242. The van der Waals surface area contributed by atoms with Crippen LogP contribution in [0, 0.1) is 0 Å². The Morgan fingerprint density at radius 1 is 1.13 bits per heavy atom. The number of aromatic nitrogens is 2. The number of rotatable bonds is 5. The highest BCUT2D eigenvalue weighted by molar-refractivity contribution is 9.10. The third kappa shape index (κ3) is 3.92. The highest BCUT2D eigenvalue weighted by atomic mass is 79.9. The van der Waals surface area contributed by atoms with E-state index in [2.05, 4.69) is 31.2 Å². The normalized spacial score (nSPS) is 24.9. The smallest absolute Gasteiger partial charge is 0.164 e. The number of nitrogens with zero attached hydrogens (tertiary/aromatic N) is 2. The lowest BCUT2D eigenvalue weighted by Gasteiger charge is -2.20. The highest BCUT2D eigenvalue weighted by Crippen LogP contribution is 2.38. The van der Waals surface area contributed by atoms with Gasteiger partial charge in [0.1, 0.15) is 30.5 Å². The van der Waals surface area contributed by atoms with Crippen molar-refractivity contribution in [2.45, 2.75) is 24.4 Å². The molecule has 2 aliphatic rings.